The second-order valence-electron chi connectivity index (χ2n) is 8.98. The minimum absolute atomic E-state index is 0.0277. The van der Waals surface area contributed by atoms with Gasteiger partial charge < -0.3 is 19.4 Å². The van der Waals surface area contributed by atoms with Gasteiger partial charge in [0.1, 0.15) is 6.61 Å². The molecule has 2 aliphatic rings. The number of hydrogen-bond acceptors (Lipinski definition) is 6. The van der Waals surface area contributed by atoms with E-state index >= 15 is 0 Å². The number of hydrogen-bond donors (Lipinski definition) is 0. The lowest BCUT2D eigenvalue weighted by molar-refractivity contribution is -0.923. The van der Waals surface area contributed by atoms with Gasteiger partial charge in [-0.2, -0.15) is 0 Å². The lowest BCUT2D eigenvalue weighted by Gasteiger charge is -2.52. The molecule has 7 nitrogen and oxygen atoms in total. The molecule has 1 atom stereocenters. The Bertz CT molecular complexity index is 791. The van der Waals surface area contributed by atoms with Crippen molar-refractivity contribution in [1.29, 1.82) is 0 Å². The number of piperazine rings is 1. The van der Waals surface area contributed by atoms with E-state index in [9.17, 15) is 14.7 Å². The summed E-state index contributed by atoms with van der Waals surface area (Å²) in [7, 11) is 0. The number of carbonyl (C=O) groups excluding carboxylic acids is 2. The molecular weight excluding hydrogens is 372 g/mol. The first-order valence-corrected chi connectivity index (χ1v) is 10.3. The number of cyclic esters (lactones) is 1. The van der Waals surface area contributed by atoms with Crippen molar-refractivity contribution in [3.8, 4) is 0 Å². The normalized spacial score (nSPS) is 20.2. The lowest BCUT2D eigenvalue weighted by Crippen LogP contribution is -2.73. The summed E-state index contributed by atoms with van der Waals surface area (Å²) in [6.07, 6.45) is -1.14. The number of carboxylic acid groups (broad SMARTS) is 1. The zero-order chi connectivity index (χ0) is 21.4. The van der Waals surface area contributed by atoms with Crippen LogP contribution < -0.4 is 5.11 Å². The number of fused-ring (bicyclic) bond motifs is 1. The molecule has 0 radical (unpaired) electrons. The fourth-order valence-corrected chi connectivity index (χ4v) is 4.55. The molecule has 1 unspecified atom stereocenters. The van der Waals surface area contributed by atoms with Crippen molar-refractivity contribution in [1.82, 2.24) is 4.90 Å². The van der Waals surface area contributed by atoms with Gasteiger partial charge in [-0.05, 0) is 51.8 Å². The molecule has 0 bridgehead atoms. The highest BCUT2D eigenvalue weighted by molar-refractivity contribution is 5.93. The van der Waals surface area contributed by atoms with E-state index in [1.807, 2.05) is 46.8 Å². The van der Waals surface area contributed by atoms with E-state index < -0.39 is 11.6 Å². The first kappa shape index (κ1) is 21.7. The second-order valence-corrected chi connectivity index (χ2v) is 8.98. The van der Waals surface area contributed by atoms with Crippen LogP contribution in [0.2, 0.25) is 0 Å². The largest absolute Gasteiger partial charge is 0.498 e. The topological polar surface area (TPSA) is 78.9 Å². The van der Waals surface area contributed by atoms with Gasteiger partial charge >= 0.3 is 5.97 Å². The standard InChI is InChI=1S/C22H32N2O5/c1-6-28-19(16-7-8-17-18(15(16)2)14-29-20(17)25)13-23-9-11-24(12-10-23,21(26)27)22(3,4)5/h7-8,19H,6,9-14H2,1-5H3. The van der Waals surface area contributed by atoms with Gasteiger partial charge in [-0.15, -0.1) is 0 Å². The maximum Gasteiger partial charge on any atom is 0.338 e. The molecule has 1 saturated heterocycles. The van der Waals surface area contributed by atoms with E-state index in [1.54, 1.807) is 0 Å². The van der Waals surface area contributed by atoms with Crippen LogP contribution in [0.25, 0.3) is 0 Å². The third kappa shape index (κ3) is 3.91. The average molecular weight is 405 g/mol. The maximum absolute atomic E-state index is 11.9. The number of quaternary nitrogens is 1. The molecule has 0 saturated carbocycles. The van der Waals surface area contributed by atoms with Gasteiger partial charge in [-0.3, -0.25) is 9.38 Å². The molecule has 0 aromatic heterocycles. The smallest absolute Gasteiger partial charge is 0.338 e. The number of esters is 1. The number of carbonyl (C=O) groups is 2. The summed E-state index contributed by atoms with van der Waals surface area (Å²) in [4.78, 5) is 26.0. The van der Waals surface area contributed by atoms with Crippen LogP contribution in [0.15, 0.2) is 12.1 Å². The maximum atomic E-state index is 11.9. The summed E-state index contributed by atoms with van der Waals surface area (Å²) in [5, 5.41) is 11.9. The molecule has 1 fully saturated rings. The van der Waals surface area contributed by atoms with E-state index in [4.69, 9.17) is 9.47 Å². The summed E-state index contributed by atoms with van der Waals surface area (Å²) in [6, 6.07) is 3.79. The molecular formula is C22H32N2O5. The van der Waals surface area contributed by atoms with Gasteiger partial charge in [0.2, 0.25) is 0 Å². The van der Waals surface area contributed by atoms with E-state index in [1.165, 1.54) is 0 Å². The second kappa shape index (κ2) is 8.05. The van der Waals surface area contributed by atoms with Crippen LogP contribution in [0.1, 0.15) is 60.8 Å². The van der Waals surface area contributed by atoms with Crippen molar-refractivity contribution in [3.05, 3.63) is 34.4 Å². The molecule has 2 aliphatic heterocycles. The summed E-state index contributed by atoms with van der Waals surface area (Å²) >= 11 is 0. The van der Waals surface area contributed by atoms with Crippen LogP contribution in [-0.4, -0.2) is 66.3 Å². The fraction of sp³-hybridized carbons (Fsp3) is 0.636. The van der Waals surface area contributed by atoms with Crippen LogP contribution >= 0.6 is 0 Å². The highest BCUT2D eigenvalue weighted by Crippen LogP contribution is 2.32. The number of rotatable bonds is 5. The van der Waals surface area contributed by atoms with Gasteiger partial charge in [-0.1, -0.05) is 6.07 Å². The molecule has 29 heavy (non-hydrogen) atoms. The van der Waals surface area contributed by atoms with Crippen molar-refractivity contribution in [2.75, 3.05) is 39.3 Å². The van der Waals surface area contributed by atoms with Gasteiger partial charge in [-0.25, -0.2) is 4.79 Å². The fourth-order valence-electron chi connectivity index (χ4n) is 4.55. The third-order valence-corrected chi connectivity index (χ3v) is 6.58. The molecule has 1 aromatic carbocycles. The summed E-state index contributed by atoms with van der Waals surface area (Å²) < 4.78 is 11.2. The molecule has 7 heteroatoms. The van der Waals surface area contributed by atoms with Crippen LogP contribution in [0.4, 0.5) is 4.79 Å². The van der Waals surface area contributed by atoms with E-state index in [-0.39, 0.29) is 16.6 Å². The summed E-state index contributed by atoms with van der Waals surface area (Å²) in [6.45, 7) is 13.8. The van der Waals surface area contributed by atoms with E-state index in [2.05, 4.69) is 4.90 Å². The van der Waals surface area contributed by atoms with E-state index in [0.29, 0.717) is 51.5 Å². The highest BCUT2D eigenvalue weighted by atomic mass is 16.5. The summed E-state index contributed by atoms with van der Waals surface area (Å²) in [5.41, 5.74) is 3.27. The molecule has 1 amide bonds. The Balaban J connectivity index is 1.77. The third-order valence-electron chi connectivity index (χ3n) is 6.58. The van der Waals surface area contributed by atoms with Crippen molar-refractivity contribution < 1.29 is 28.7 Å². The monoisotopic (exact) mass is 404 g/mol. The molecule has 0 aliphatic carbocycles. The van der Waals surface area contributed by atoms with Crippen molar-refractivity contribution in [2.45, 2.75) is 52.9 Å². The molecule has 2 heterocycles. The SMILES string of the molecule is CCOC(CN1CC[N+](C(=O)[O-])(C(C)(C)C)CC1)c1ccc2c(c1C)COC2=O. The molecule has 0 N–H and O–H groups in total. The van der Waals surface area contributed by atoms with Gasteiger partial charge in [0.05, 0.1) is 30.3 Å². The van der Waals surface area contributed by atoms with Gasteiger partial charge in [0.25, 0.3) is 6.09 Å². The zero-order valence-corrected chi connectivity index (χ0v) is 18.1. The minimum Gasteiger partial charge on any atom is -0.498 e. The Hall–Kier alpha value is -1.96. The number of ether oxygens (including phenoxy) is 2. The predicted octanol–water partition coefficient (Wildman–Crippen LogP) is 2.02. The highest BCUT2D eigenvalue weighted by Gasteiger charge is 2.45. The minimum atomic E-state index is -1.00. The number of amides is 1. The van der Waals surface area contributed by atoms with Crippen LogP contribution in [0.5, 0.6) is 0 Å². The van der Waals surface area contributed by atoms with Crippen molar-refractivity contribution >= 4 is 12.1 Å². The Morgan fingerprint density at radius 3 is 2.52 bits per heavy atom. The van der Waals surface area contributed by atoms with Gasteiger partial charge in [0.15, 0.2) is 0 Å². The van der Waals surface area contributed by atoms with Crippen LogP contribution in [0, 0.1) is 6.92 Å². The Morgan fingerprint density at radius 2 is 1.97 bits per heavy atom. The molecule has 1 aromatic rings. The molecule has 3 rings (SSSR count). The zero-order valence-electron chi connectivity index (χ0n) is 18.1. The quantitative estimate of drug-likeness (QED) is 0.552. The molecule has 160 valence electrons. The lowest BCUT2D eigenvalue weighted by atomic mass is 9.94. The predicted molar refractivity (Wildman–Crippen MR) is 106 cm³/mol. The van der Waals surface area contributed by atoms with E-state index in [0.717, 1.165) is 16.7 Å². The number of nitrogens with zero attached hydrogens (tertiary/aromatic N) is 2. The van der Waals surface area contributed by atoms with Gasteiger partial charge in [0, 0.05) is 31.8 Å². The Kier molecular flexibility index (Phi) is 6.03. The van der Waals surface area contributed by atoms with Crippen LogP contribution in [0.3, 0.4) is 0 Å². The number of benzene rings is 1. The Morgan fingerprint density at radius 1 is 1.31 bits per heavy atom. The molecule has 0 spiro atoms. The average Bonchev–Trinajstić information content (AvgIpc) is 3.03. The first-order chi connectivity index (χ1) is 13.6. The summed E-state index contributed by atoms with van der Waals surface area (Å²) in [5.74, 6) is -0.266. The van der Waals surface area contributed by atoms with Crippen molar-refractivity contribution in [3.63, 3.8) is 0 Å². The van der Waals surface area contributed by atoms with Crippen molar-refractivity contribution in [2.24, 2.45) is 0 Å². The van der Waals surface area contributed by atoms with Crippen LogP contribution in [-0.2, 0) is 16.1 Å². The first-order valence-electron chi connectivity index (χ1n) is 10.3. The Labute approximate surface area is 172 Å².